The molecule has 1 N–H and O–H groups in total. The first kappa shape index (κ1) is 17.2. The van der Waals surface area contributed by atoms with Gasteiger partial charge in [0, 0.05) is 0 Å². The second-order valence-corrected chi connectivity index (χ2v) is 8.65. The van der Waals surface area contributed by atoms with Crippen molar-refractivity contribution in [3.05, 3.63) is 52.5 Å². The number of nitrogens with one attached hydrogen (secondary N) is 1. The number of carbonyl (C=O) groups excluding carboxylic acids is 1. The van der Waals surface area contributed by atoms with E-state index in [1.807, 2.05) is 0 Å². The first-order chi connectivity index (χ1) is 11.4. The number of nitrogens with zero attached hydrogens (tertiary/aromatic N) is 1. The van der Waals surface area contributed by atoms with Gasteiger partial charge in [-0.3, -0.25) is 4.79 Å². The molecular formula is C15H10Cl2N2O3S2. The first-order valence-electron chi connectivity index (χ1n) is 6.69. The molecule has 0 aliphatic carbocycles. The van der Waals surface area contributed by atoms with Gasteiger partial charge in [0.1, 0.15) is 11.3 Å². The van der Waals surface area contributed by atoms with Crippen LogP contribution in [0.1, 0.15) is 0 Å². The molecule has 0 aliphatic heterocycles. The summed E-state index contributed by atoms with van der Waals surface area (Å²) in [6.07, 6.45) is 0. The Labute approximate surface area is 152 Å². The van der Waals surface area contributed by atoms with Gasteiger partial charge in [0.25, 0.3) is 0 Å². The number of amides is 1. The highest BCUT2D eigenvalue weighted by molar-refractivity contribution is 7.92. The second kappa shape index (κ2) is 6.68. The third kappa shape index (κ3) is 3.54. The summed E-state index contributed by atoms with van der Waals surface area (Å²) in [6, 6.07) is 11.2. The van der Waals surface area contributed by atoms with Gasteiger partial charge >= 0.3 is 0 Å². The molecule has 0 radical (unpaired) electrons. The monoisotopic (exact) mass is 400 g/mol. The highest BCUT2D eigenvalue weighted by Gasteiger charge is 2.20. The molecule has 0 atom stereocenters. The lowest BCUT2D eigenvalue weighted by Crippen LogP contribution is -2.22. The van der Waals surface area contributed by atoms with Gasteiger partial charge in [-0.05, 0) is 24.3 Å². The molecule has 24 heavy (non-hydrogen) atoms. The molecule has 9 heteroatoms. The largest absolute Gasteiger partial charge is 0.301 e. The van der Waals surface area contributed by atoms with Crippen LogP contribution >= 0.6 is 34.5 Å². The number of halogens is 2. The summed E-state index contributed by atoms with van der Waals surface area (Å²) in [7, 11) is -3.71. The predicted molar refractivity (Wildman–Crippen MR) is 96.8 cm³/mol. The van der Waals surface area contributed by atoms with Crippen LogP contribution in [-0.2, 0) is 14.6 Å². The minimum absolute atomic E-state index is 0.0966. The number of thiazole rings is 1. The summed E-state index contributed by atoms with van der Waals surface area (Å²) >= 11 is 13.2. The fourth-order valence-corrected chi connectivity index (χ4v) is 4.49. The lowest BCUT2D eigenvalue weighted by atomic mass is 10.3. The van der Waals surface area contributed by atoms with E-state index in [0.717, 1.165) is 4.70 Å². The Bertz CT molecular complexity index is 1020. The Morgan fingerprint density at radius 2 is 1.83 bits per heavy atom. The van der Waals surface area contributed by atoms with Gasteiger partial charge in [-0.25, -0.2) is 13.4 Å². The number of sulfone groups is 1. The number of aromatic nitrogens is 1. The zero-order chi connectivity index (χ0) is 17.3. The number of carbonyl (C=O) groups is 1. The Morgan fingerprint density at radius 1 is 1.12 bits per heavy atom. The Balaban J connectivity index is 1.79. The molecule has 5 nitrogen and oxygen atoms in total. The summed E-state index contributed by atoms with van der Waals surface area (Å²) in [4.78, 5) is 16.3. The molecule has 0 fully saturated rings. The first-order valence-corrected chi connectivity index (χ1v) is 9.91. The van der Waals surface area contributed by atoms with E-state index in [-0.39, 0.29) is 10.0 Å². The molecule has 2 aromatic carbocycles. The zero-order valence-corrected chi connectivity index (χ0v) is 15.1. The van der Waals surface area contributed by atoms with Crippen LogP contribution in [0.2, 0.25) is 10.0 Å². The average Bonchev–Trinajstić information content (AvgIpc) is 2.94. The fraction of sp³-hybridized carbons (Fsp3) is 0.0667. The van der Waals surface area contributed by atoms with Gasteiger partial charge in [-0.2, -0.15) is 0 Å². The van der Waals surface area contributed by atoms with Gasteiger partial charge in [-0.1, -0.05) is 52.7 Å². The molecule has 3 aromatic rings. The van der Waals surface area contributed by atoms with E-state index in [1.165, 1.54) is 23.5 Å². The number of anilines is 1. The number of hydrogen-bond donors (Lipinski definition) is 1. The molecule has 0 aliphatic rings. The summed E-state index contributed by atoms with van der Waals surface area (Å²) < 4.78 is 25.1. The molecule has 1 aromatic heterocycles. The number of rotatable bonds is 4. The van der Waals surface area contributed by atoms with Crippen LogP contribution in [0.25, 0.3) is 10.2 Å². The molecule has 0 bridgehead atoms. The second-order valence-electron chi connectivity index (χ2n) is 4.85. The van der Waals surface area contributed by atoms with E-state index >= 15 is 0 Å². The van der Waals surface area contributed by atoms with Crippen LogP contribution in [0.3, 0.4) is 0 Å². The smallest absolute Gasteiger partial charge is 0.241 e. The summed E-state index contributed by atoms with van der Waals surface area (Å²) in [6.45, 7) is 0. The maximum atomic E-state index is 12.2. The highest BCUT2D eigenvalue weighted by atomic mass is 35.5. The fourth-order valence-electron chi connectivity index (χ4n) is 2.03. The van der Waals surface area contributed by atoms with Crippen molar-refractivity contribution in [3.63, 3.8) is 0 Å². The van der Waals surface area contributed by atoms with Crippen molar-refractivity contribution in [2.45, 2.75) is 4.90 Å². The third-order valence-corrected chi connectivity index (χ3v) is 6.48. The quantitative estimate of drug-likeness (QED) is 0.717. The average molecular weight is 401 g/mol. The van der Waals surface area contributed by atoms with Crippen LogP contribution in [0.15, 0.2) is 47.4 Å². The van der Waals surface area contributed by atoms with Crippen LogP contribution in [0.5, 0.6) is 0 Å². The molecular weight excluding hydrogens is 391 g/mol. The van der Waals surface area contributed by atoms with E-state index in [2.05, 4.69) is 10.3 Å². The standard InChI is InChI=1S/C15H10Cl2N2O3S2/c16-10-6-7-11-14(13(10)17)19-15(23-11)18-12(20)8-24(21,22)9-4-2-1-3-5-9/h1-7H,8H2,(H,18,19,20). The van der Waals surface area contributed by atoms with Gasteiger partial charge in [0.05, 0.1) is 19.6 Å². The maximum Gasteiger partial charge on any atom is 0.241 e. The van der Waals surface area contributed by atoms with Gasteiger partial charge in [0.2, 0.25) is 5.91 Å². The molecule has 0 saturated carbocycles. The van der Waals surface area contributed by atoms with E-state index in [4.69, 9.17) is 23.2 Å². The minimum Gasteiger partial charge on any atom is -0.301 e. The van der Waals surface area contributed by atoms with Crippen LogP contribution < -0.4 is 5.32 Å². The maximum absolute atomic E-state index is 12.2. The summed E-state index contributed by atoms with van der Waals surface area (Å²) in [5.41, 5.74) is 0.468. The molecule has 124 valence electrons. The van der Waals surface area contributed by atoms with Crippen LogP contribution in [-0.4, -0.2) is 25.1 Å². The number of fused-ring (bicyclic) bond motifs is 1. The number of hydrogen-bond acceptors (Lipinski definition) is 5. The van der Waals surface area contributed by atoms with Crippen molar-refractivity contribution >= 4 is 65.6 Å². The van der Waals surface area contributed by atoms with Gasteiger partial charge in [0.15, 0.2) is 15.0 Å². The van der Waals surface area contributed by atoms with E-state index in [9.17, 15) is 13.2 Å². The topological polar surface area (TPSA) is 76.1 Å². The van der Waals surface area contributed by atoms with Crippen molar-refractivity contribution in [1.82, 2.24) is 4.98 Å². The lowest BCUT2D eigenvalue weighted by molar-refractivity contribution is -0.113. The third-order valence-electron chi connectivity index (χ3n) is 3.12. The summed E-state index contributed by atoms with van der Waals surface area (Å²) in [5.74, 6) is -1.33. The van der Waals surface area contributed by atoms with Crippen LogP contribution in [0.4, 0.5) is 5.13 Å². The van der Waals surface area contributed by atoms with Gasteiger partial charge < -0.3 is 5.32 Å². The molecule has 3 rings (SSSR count). The van der Waals surface area contributed by atoms with E-state index in [0.29, 0.717) is 15.6 Å². The van der Waals surface area contributed by atoms with Crippen molar-refractivity contribution in [1.29, 1.82) is 0 Å². The molecule has 0 saturated heterocycles. The van der Waals surface area contributed by atoms with Crippen molar-refractivity contribution < 1.29 is 13.2 Å². The van der Waals surface area contributed by atoms with Crippen LogP contribution in [0, 0.1) is 0 Å². The molecule has 1 amide bonds. The van der Waals surface area contributed by atoms with Gasteiger partial charge in [-0.15, -0.1) is 0 Å². The molecule has 0 unspecified atom stereocenters. The molecule has 1 heterocycles. The Hall–Kier alpha value is -1.67. The van der Waals surface area contributed by atoms with E-state index < -0.39 is 21.5 Å². The molecule has 0 spiro atoms. The summed E-state index contributed by atoms with van der Waals surface area (Å²) in [5, 5.41) is 3.41. The lowest BCUT2D eigenvalue weighted by Gasteiger charge is -2.04. The Kier molecular flexibility index (Phi) is 4.78. The predicted octanol–water partition coefficient (Wildman–Crippen LogP) is 4.02. The highest BCUT2D eigenvalue weighted by Crippen LogP contribution is 2.35. The van der Waals surface area contributed by atoms with E-state index in [1.54, 1.807) is 30.3 Å². The minimum atomic E-state index is -3.71. The number of benzene rings is 2. The van der Waals surface area contributed by atoms with Crippen molar-refractivity contribution in [2.75, 3.05) is 11.1 Å². The Morgan fingerprint density at radius 3 is 2.54 bits per heavy atom. The van der Waals surface area contributed by atoms with Crippen molar-refractivity contribution in [3.8, 4) is 0 Å². The van der Waals surface area contributed by atoms with Crippen molar-refractivity contribution in [2.24, 2.45) is 0 Å². The SMILES string of the molecule is O=C(CS(=O)(=O)c1ccccc1)Nc1nc2c(Cl)c(Cl)ccc2s1. The normalized spacial score (nSPS) is 11.6. The zero-order valence-electron chi connectivity index (χ0n) is 12.0.